The molecule has 7 aromatic rings. The summed E-state index contributed by atoms with van der Waals surface area (Å²) >= 11 is 0. The minimum absolute atomic E-state index is 0. The summed E-state index contributed by atoms with van der Waals surface area (Å²) in [5, 5.41) is 24.3. The van der Waals surface area contributed by atoms with Crippen LogP contribution in [0.3, 0.4) is 0 Å². The van der Waals surface area contributed by atoms with Crippen LogP contribution in [-0.4, -0.2) is 169 Å². The molecule has 0 amide bonds. The van der Waals surface area contributed by atoms with E-state index in [2.05, 4.69) is 62.0 Å². The second kappa shape index (κ2) is 42.4. The van der Waals surface area contributed by atoms with Gasteiger partial charge in [-0.3, -0.25) is 33.1 Å². The Morgan fingerprint density at radius 2 is 0.946 bits per heavy atom. The van der Waals surface area contributed by atoms with Crippen molar-refractivity contribution in [1.29, 1.82) is 10.5 Å². The lowest BCUT2D eigenvalue weighted by molar-refractivity contribution is -0.145. The molecule has 0 aliphatic heterocycles. The SMILES string of the molecule is CCOC(=O)[C@@H](N)Cc1ccccc1.CCOC(=O)[C@H](Cc1ccccc1)NP(=O)(CCN(CCCC#N)CCn1cnc2c(=O)[nH]cnc21)N[C@@H](Cc1ccccc1)C(=O)OCC.CCOP(=O)(CCN(CCCC#N)CCn1cnc2c(=O)[nH]cnc21)OCC.Cl. The van der Waals surface area contributed by atoms with Gasteiger partial charge in [-0.15, -0.1) is 12.4 Å². The predicted molar refractivity (Wildman–Crippen MR) is 356 cm³/mol. The van der Waals surface area contributed by atoms with Crippen LogP contribution in [-0.2, 0) is 79.1 Å². The largest absolute Gasteiger partial charge is 0.465 e. The zero-order valence-corrected chi connectivity index (χ0v) is 56.1. The van der Waals surface area contributed by atoms with Crippen LogP contribution in [0.4, 0.5) is 0 Å². The van der Waals surface area contributed by atoms with Gasteiger partial charge < -0.3 is 57.9 Å². The summed E-state index contributed by atoms with van der Waals surface area (Å²) in [6, 6.07) is 30.2. The Bertz CT molecular complexity index is 3560. The minimum Gasteiger partial charge on any atom is -0.465 e. The topological polar surface area (TPSA) is 363 Å². The molecule has 3 aromatic carbocycles. The van der Waals surface area contributed by atoms with Crippen molar-refractivity contribution in [2.24, 2.45) is 5.73 Å². The summed E-state index contributed by atoms with van der Waals surface area (Å²) in [7, 11) is -6.89. The molecule has 6 N–H and O–H groups in total. The van der Waals surface area contributed by atoms with Crippen molar-refractivity contribution >= 4 is 67.7 Å². The Hall–Kier alpha value is -7.78. The number of unbranched alkanes of at least 4 members (excludes halogenated alkanes) is 2. The molecule has 7 rings (SSSR count). The number of rotatable bonds is 38. The van der Waals surface area contributed by atoms with Crippen molar-refractivity contribution in [1.82, 2.24) is 59.0 Å². The van der Waals surface area contributed by atoms with E-state index in [-0.39, 0.29) is 79.9 Å². The van der Waals surface area contributed by atoms with Crippen molar-refractivity contribution in [3.63, 3.8) is 0 Å². The van der Waals surface area contributed by atoms with Crippen molar-refractivity contribution in [3.8, 4) is 12.1 Å². The number of hydrogen-bond acceptors (Lipinski definition) is 21. The molecule has 0 aliphatic rings. The number of hydrogen-bond donors (Lipinski definition) is 5. The third kappa shape index (κ3) is 27.0. The summed E-state index contributed by atoms with van der Waals surface area (Å²) in [6.45, 7) is 14.1. The molecule has 4 heterocycles. The number of aromatic amines is 2. The van der Waals surface area contributed by atoms with E-state index >= 15 is 4.57 Å². The number of ether oxygens (including phenoxy) is 3. The highest BCUT2D eigenvalue weighted by molar-refractivity contribution is 7.60. The summed E-state index contributed by atoms with van der Waals surface area (Å²) in [5.74, 6) is -1.46. The number of nitrogens with zero attached hydrogens (tertiary/aromatic N) is 10. The molecule has 0 fully saturated rings. The Labute approximate surface area is 548 Å². The summed E-state index contributed by atoms with van der Waals surface area (Å²) in [4.78, 5) is 87.7. The highest BCUT2D eigenvalue weighted by Crippen LogP contribution is 2.47. The number of fused-ring (bicyclic) bond motifs is 2. The minimum atomic E-state index is -3.77. The van der Waals surface area contributed by atoms with E-state index in [4.69, 9.17) is 34.3 Å². The molecule has 0 saturated carbocycles. The number of nitriles is 2. The molecule has 93 heavy (non-hydrogen) atoms. The van der Waals surface area contributed by atoms with E-state index in [0.717, 1.165) is 16.7 Å². The van der Waals surface area contributed by atoms with Crippen LogP contribution >= 0.6 is 27.4 Å². The summed E-state index contributed by atoms with van der Waals surface area (Å²) < 4.78 is 57.7. The van der Waals surface area contributed by atoms with Gasteiger partial charge in [0.05, 0.1) is 76.6 Å². The number of H-pyrrole nitrogens is 2. The van der Waals surface area contributed by atoms with Gasteiger partial charge in [0.2, 0.25) is 7.44 Å². The molecule has 0 saturated heterocycles. The van der Waals surface area contributed by atoms with Crippen molar-refractivity contribution in [2.75, 3.05) is 84.6 Å². The maximum Gasteiger partial charge on any atom is 0.331 e. The Morgan fingerprint density at radius 3 is 1.33 bits per heavy atom. The van der Waals surface area contributed by atoms with Gasteiger partial charge in [-0.2, -0.15) is 10.5 Å². The lowest BCUT2D eigenvalue weighted by Gasteiger charge is -2.31. The molecule has 4 aromatic heterocycles. The van der Waals surface area contributed by atoms with Crippen molar-refractivity contribution in [2.45, 2.75) is 111 Å². The Kier molecular flexibility index (Phi) is 35.5. The smallest absolute Gasteiger partial charge is 0.331 e. The number of imidazole rings is 2. The number of carbonyl (C=O) groups excluding carboxylic acids is 3. The molecule has 3 atom stereocenters. The first-order valence-corrected chi connectivity index (χ1v) is 34.5. The number of carbonyl (C=O) groups is 3. The van der Waals surface area contributed by atoms with E-state index in [1.54, 1.807) is 51.8 Å². The van der Waals surface area contributed by atoms with E-state index in [0.29, 0.717) is 115 Å². The second-order valence-corrected chi connectivity index (χ2v) is 25.4. The molecule has 30 heteroatoms. The molecular weight excluding hydrogens is 1260 g/mol. The zero-order chi connectivity index (χ0) is 66.6. The fourth-order valence-electron chi connectivity index (χ4n) is 9.57. The summed E-state index contributed by atoms with van der Waals surface area (Å²) in [5.41, 5.74) is 9.28. The van der Waals surface area contributed by atoms with Gasteiger partial charge in [0.1, 0.15) is 18.1 Å². The Morgan fingerprint density at radius 1 is 0.559 bits per heavy atom. The van der Waals surface area contributed by atoms with E-state index in [1.807, 2.05) is 95.6 Å². The number of halogens is 1. The quantitative estimate of drug-likeness (QED) is 0.0113. The van der Waals surface area contributed by atoms with Gasteiger partial charge in [-0.25, -0.2) is 30.1 Å². The van der Waals surface area contributed by atoms with Crippen molar-refractivity contribution in [3.05, 3.63) is 154 Å². The number of aromatic nitrogens is 8. The zero-order valence-electron chi connectivity index (χ0n) is 53.5. The highest BCUT2D eigenvalue weighted by atomic mass is 35.5. The van der Waals surface area contributed by atoms with Gasteiger partial charge in [0.25, 0.3) is 11.1 Å². The number of nitrogens with two attached hydrogens (primary N) is 1. The maximum atomic E-state index is 15.1. The molecular formula is C63H88ClN15O12P2. The van der Waals surface area contributed by atoms with Crippen molar-refractivity contribution < 1.29 is 46.8 Å². The lowest BCUT2D eigenvalue weighted by Crippen LogP contribution is -2.47. The average Bonchev–Trinajstić information content (AvgIpc) is 1.76. The van der Waals surface area contributed by atoms with Gasteiger partial charge >= 0.3 is 25.5 Å². The first-order valence-electron chi connectivity index (χ1n) is 30.9. The lowest BCUT2D eigenvalue weighted by atomic mass is 10.1. The standard InChI is InChI=1S/C35H45N8O6P.C17H27N6O4P.C11H15NO2.ClH/c1-3-48-34(45)29(23-27-13-7-5-8-14-27)40-50(47,41-30(35(46)49-4-2)24-28-15-9-6-10-16-28)22-21-42(18-12-11-17-36)19-20-43-26-39-31-32(43)37-25-38-33(31)44;1-3-26-28(25,27-4-2)12-11-22(8-6-5-7-18)9-10-23-14-21-15-16(23)19-13-20-17(15)24;1-2-14-11(13)10(12)8-9-6-4-3-5-7-9;/h5-10,13-16,25-26,29-30H,3-4,11-12,18-24H2,1-2H3,(H,37,38,44)(H2,40,41,47);13-14H,3-6,8-12H2,1-2H3,(H,19,20,24);3-7,10H,2,8,12H2,1H3;1H/t29-,30-;;10-;/m0.0./s1. The number of nitrogens with one attached hydrogen (secondary N) is 4. The third-order valence-electron chi connectivity index (χ3n) is 14.1. The van der Waals surface area contributed by atoms with Crippen LogP contribution in [0.2, 0.25) is 0 Å². The van der Waals surface area contributed by atoms with Crippen LogP contribution in [0.15, 0.2) is 126 Å². The highest BCUT2D eigenvalue weighted by Gasteiger charge is 2.36. The molecule has 0 unspecified atom stereocenters. The van der Waals surface area contributed by atoms with Crippen LogP contribution in [0.5, 0.6) is 0 Å². The van der Waals surface area contributed by atoms with Gasteiger partial charge in [0.15, 0.2) is 22.3 Å². The van der Waals surface area contributed by atoms with Crippen LogP contribution in [0.25, 0.3) is 22.3 Å². The first-order chi connectivity index (χ1) is 44.5. The fraction of sp³-hybridized carbons (Fsp3) is 0.476. The second-order valence-electron chi connectivity index (χ2n) is 20.8. The predicted octanol–water partition coefficient (Wildman–Crippen LogP) is 6.98. The number of esters is 3. The van der Waals surface area contributed by atoms with Crippen LogP contribution in [0, 0.1) is 22.7 Å². The van der Waals surface area contributed by atoms with Gasteiger partial charge in [0, 0.05) is 58.3 Å². The monoisotopic (exact) mass is 1340 g/mol. The van der Waals surface area contributed by atoms with Crippen LogP contribution in [0.1, 0.15) is 77.0 Å². The number of benzene rings is 3. The molecule has 0 bridgehead atoms. The van der Waals surface area contributed by atoms with E-state index < -0.39 is 45.1 Å². The normalized spacial score (nSPS) is 12.3. The summed E-state index contributed by atoms with van der Waals surface area (Å²) in [6.07, 6.45) is 9.15. The molecule has 0 spiro atoms. The van der Waals surface area contributed by atoms with Crippen LogP contribution < -0.4 is 27.0 Å². The van der Waals surface area contributed by atoms with E-state index in [1.165, 1.54) is 12.7 Å². The van der Waals surface area contributed by atoms with E-state index in [9.17, 15) is 33.8 Å². The first kappa shape index (κ1) is 77.7. The molecule has 27 nitrogen and oxygen atoms in total. The van der Waals surface area contributed by atoms with Gasteiger partial charge in [-0.1, -0.05) is 91.0 Å². The maximum absolute atomic E-state index is 15.1. The third-order valence-corrected chi connectivity index (χ3v) is 18.4. The molecule has 0 aliphatic carbocycles. The fourth-order valence-corrected chi connectivity index (χ4v) is 13.5. The Balaban J connectivity index is 0.000000356. The average molecular weight is 1340 g/mol. The van der Waals surface area contributed by atoms with Gasteiger partial charge in [-0.05, 0) is 96.5 Å². The molecule has 0 radical (unpaired) electrons. The molecule has 504 valence electrons.